The van der Waals surface area contributed by atoms with E-state index >= 15 is 0 Å². The molecule has 0 amide bonds. The van der Waals surface area contributed by atoms with Crippen molar-refractivity contribution in [1.82, 2.24) is 5.32 Å². The van der Waals surface area contributed by atoms with Crippen LogP contribution < -0.4 is 5.32 Å². The van der Waals surface area contributed by atoms with E-state index in [1.54, 1.807) is 13.8 Å². The van der Waals surface area contributed by atoms with Crippen molar-refractivity contribution in [1.29, 1.82) is 0 Å². The quantitative estimate of drug-likeness (QED) is 0.761. The molecule has 0 aliphatic heterocycles. The summed E-state index contributed by atoms with van der Waals surface area (Å²) in [5, 5.41) is 12.3. The predicted molar refractivity (Wildman–Crippen MR) is 76.7 cm³/mol. The lowest BCUT2D eigenvalue weighted by Gasteiger charge is -2.18. The van der Waals surface area contributed by atoms with Crippen molar-refractivity contribution in [2.75, 3.05) is 13.1 Å². The highest BCUT2D eigenvalue weighted by molar-refractivity contribution is 9.10. The molecule has 2 N–H and O–H groups in total. The van der Waals surface area contributed by atoms with Crippen LogP contribution in [0.3, 0.4) is 0 Å². The Morgan fingerprint density at radius 1 is 1.39 bits per heavy atom. The molecule has 0 aromatic heterocycles. The monoisotopic (exact) mass is 313 g/mol. The summed E-state index contributed by atoms with van der Waals surface area (Å²) in [5.74, 6) is -0.740. The molecule has 18 heavy (non-hydrogen) atoms. The molecule has 0 spiro atoms. The molecule has 0 aliphatic carbocycles. The summed E-state index contributed by atoms with van der Waals surface area (Å²) in [5.41, 5.74) is 0.623. The number of carboxylic acids is 1. The summed E-state index contributed by atoms with van der Waals surface area (Å²) in [7, 11) is 0. The van der Waals surface area contributed by atoms with Gasteiger partial charge in [-0.3, -0.25) is 4.79 Å². The van der Waals surface area contributed by atoms with Crippen molar-refractivity contribution >= 4 is 21.9 Å². The normalized spacial score (nSPS) is 11.5. The van der Waals surface area contributed by atoms with E-state index in [-0.39, 0.29) is 0 Å². The fraction of sp³-hybridized carbons (Fsp3) is 0.500. The number of hydrogen-bond acceptors (Lipinski definition) is 2. The van der Waals surface area contributed by atoms with E-state index in [1.807, 2.05) is 12.1 Å². The fourth-order valence-corrected chi connectivity index (χ4v) is 2.00. The van der Waals surface area contributed by atoms with Crippen LogP contribution in [-0.2, 0) is 11.2 Å². The van der Waals surface area contributed by atoms with Gasteiger partial charge in [0.2, 0.25) is 0 Å². The second-order valence-electron chi connectivity index (χ2n) is 5.07. The molecule has 0 bridgehead atoms. The number of halogens is 1. The minimum Gasteiger partial charge on any atom is -0.481 e. The van der Waals surface area contributed by atoms with Gasteiger partial charge >= 0.3 is 5.97 Å². The Labute approximate surface area is 117 Å². The largest absolute Gasteiger partial charge is 0.481 e. The zero-order valence-electron chi connectivity index (χ0n) is 10.9. The van der Waals surface area contributed by atoms with E-state index in [1.165, 1.54) is 5.56 Å². The first kappa shape index (κ1) is 15.2. The number of rotatable bonds is 7. The van der Waals surface area contributed by atoms with Crippen LogP contribution in [0.25, 0.3) is 0 Å². The minimum atomic E-state index is -0.740. The van der Waals surface area contributed by atoms with Gasteiger partial charge in [-0.25, -0.2) is 0 Å². The second kappa shape index (κ2) is 6.90. The Balaban J connectivity index is 2.22. The third-order valence-electron chi connectivity index (χ3n) is 2.99. The van der Waals surface area contributed by atoms with Gasteiger partial charge in [0.15, 0.2) is 0 Å². The van der Waals surface area contributed by atoms with Crippen molar-refractivity contribution in [2.24, 2.45) is 5.41 Å². The van der Waals surface area contributed by atoms with Crippen molar-refractivity contribution in [3.05, 3.63) is 34.3 Å². The Morgan fingerprint density at radius 3 is 2.72 bits per heavy atom. The molecule has 0 atom stereocenters. The lowest BCUT2D eigenvalue weighted by Crippen LogP contribution is -2.29. The van der Waals surface area contributed by atoms with Crippen LogP contribution in [0.1, 0.15) is 25.8 Å². The molecule has 0 radical (unpaired) electrons. The minimum absolute atomic E-state index is 0.640. The number of aliphatic carboxylic acids is 1. The fourth-order valence-electron chi connectivity index (χ4n) is 1.56. The topological polar surface area (TPSA) is 49.3 Å². The summed E-state index contributed by atoms with van der Waals surface area (Å²) in [6.07, 6.45) is 1.59. The van der Waals surface area contributed by atoms with Gasteiger partial charge in [-0.2, -0.15) is 0 Å². The van der Waals surface area contributed by atoms with Gasteiger partial charge in [0.1, 0.15) is 0 Å². The molecule has 1 aromatic carbocycles. The van der Waals surface area contributed by atoms with Gasteiger partial charge in [-0.1, -0.05) is 28.1 Å². The molecule has 3 nitrogen and oxygen atoms in total. The Morgan fingerprint density at radius 2 is 2.11 bits per heavy atom. The van der Waals surface area contributed by atoms with Crippen LogP contribution in [0, 0.1) is 5.41 Å². The molecule has 1 rings (SSSR count). The van der Waals surface area contributed by atoms with E-state index in [9.17, 15) is 4.79 Å². The molecule has 0 aliphatic rings. The average Bonchev–Trinajstić information content (AvgIpc) is 2.28. The average molecular weight is 314 g/mol. The lowest BCUT2D eigenvalue weighted by atomic mass is 9.90. The Kier molecular flexibility index (Phi) is 5.82. The van der Waals surface area contributed by atoms with Gasteiger partial charge in [0, 0.05) is 4.47 Å². The smallest absolute Gasteiger partial charge is 0.309 e. The number of benzene rings is 1. The third-order valence-corrected chi connectivity index (χ3v) is 3.48. The highest BCUT2D eigenvalue weighted by atomic mass is 79.9. The van der Waals surface area contributed by atoms with E-state index in [2.05, 4.69) is 33.4 Å². The Hall–Kier alpha value is -0.870. The first-order valence-corrected chi connectivity index (χ1v) is 6.90. The zero-order chi connectivity index (χ0) is 13.6. The summed E-state index contributed by atoms with van der Waals surface area (Å²) >= 11 is 3.44. The van der Waals surface area contributed by atoms with Gasteiger partial charge in [0.05, 0.1) is 5.41 Å². The first-order valence-electron chi connectivity index (χ1n) is 6.10. The van der Waals surface area contributed by atoms with Gasteiger partial charge in [-0.15, -0.1) is 0 Å². The summed E-state index contributed by atoms with van der Waals surface area (Å²) < 4.78 is 1.09. The van der Waals surface area contributed by atoms with Crippen LogP contribution in [0.5, 0.6) is 0 Å². The molecule has 4 heteroatoms. The van der Waals surface area contributed by atoms with Crippen molar-refractivity contribution in [3.63, 3.8) is 0 Å². The van der Waals surface area contributed by atoms with Crippen LogP contribution in [0.15, 0.2) is 28.7 Å². The molecular weight excluding hydrogens is 294 g/mol. The number of carbonyl (C=O) groups is 1. The number of hydrogen-bond donors (Lipinski definition) is 2. The molecule has 100 valence electrons. The van der Waals surface area contributed by atoms with E-state index in [0.717, 1.165) is 24.0 Å². The van der Waals surface area contributed by atoms with Gasteiger partial charge in [-0.05, 0) is 57.5 Å². The lowest BCUT2D eigenvalue weighted by molar-refractivity contribution is -0.147. The van der Waals surface area contributed by atoms with Crippen molar-refractivity contribution in [2.45, 2.75) is 26.7 Å². The van der Waals surface area contributed by atoms with Crippen LogP contribution >= 0.6 is 15.9 Å². The molecule has 0 unspecified atom stereocenters. The molecule has 0 fully saturated rings. The number of nitrogens with one attached hydrogen (secondary N) is 1. The zero-order valence-corrected chi connectivity index (χ0v) is 12.5. The first-order chi connectivity index (χ1) is 8.42. The SMILES string of the molecule is CC(C)(CCNCCc1cccc(Br)c1)C(=O)O. The standard InChI is InChI=1S/C14H20BrNO2/c1-14(2,13(17)18)7-9-16-8-6-11-4-3-5-12(15)10-11/h3-5,10,16H,6-9H2,1-2H3,(H,17,18). The van der Waals surface area contributed by atoms with Crippen molar-refractivity contribution < 1.29 is 9.90 Å². The molecule has 0 saturated heterocycles. The molecule has 1 aromatic rings. The highest BCUT2D eigenvalue weighted by Crippen LogP contribution is 2.19. The van der Waals surface area contributed by atoms with E-state index in [4.69, 9.17) is 5.11 Å². The van der Waals surface area contributed by atoms with E-state index in [0.29, 0.717) is 6.42 Å². The van der Waals surface area contributed by atoms with Crippen molar-refractivity contribution in [3.8, 4) is 0 Å². The van der Waals surface area contributed by atoms with Gasteiger partial charge in [0.25, 0.3) is 0 Å². The molecule has 0 heterocycles. The predicted octanol–water partition coefficient (Wildman–Crippen LogP) is 3.08. The van der Waals surface area contributed by atoms with Crippen LogP contribution in [-0.4, -0.2) is 24.2 Å². The highest BCUT2D eigenvalue weighted by Gasteiger charge is 2.25. The maximum Gasteiger partial charge on any atom is 0.309 e. The van der Waals surface area contributed by atoms with Gasteiger partial charge < -0.3 is 10.4 Å². The van der Waals surface area contributed by atoms with E-state index < -0.39 is 11.4 Å². The maximum absolute atomic E-state index is 10.9. The second-order valence-corrected chi connectivity index (χ2v) is 5.98. The number of carboxylic acid groups (broad SMARTS) is 1. The Bertz CT molecular complexity index is 405. The van der Waals surface area contributed by atoms with Crippen LogP contribution in [0.2, 0.25) is 0 Å². The summed E-state index contributed by atoms with van der Waals surface area (Å²) in [6, 6.07) is 8.22. The third kappa shape index (κ3) is 5.19. The molecule has 0 saturated carbocycles. The maximum atomic E-state index is 10.9. The summed E-state index contributed by atoms with van der Waals surface area (Å²) in [4.78, 5) is 10.9. The van der Waals surface area contributed by atoms with Crippen LogP contribution in [0.4, 0.5) is 0 Å². The molecular formula is C14H20BrNO2. The summed E-state index contributed by atoms with van der Waals surface area (Å²) in [6.45, 7) is 5.11.